The molecular weight excluding hydrogens is 746 g/mol. The summed E-state index contributed by atoms with van der Waals surface area (Å²) < 4.78 is 60.0. The maximum Gasteiger partial charge on any atom is 0.318 e. The topological polar surface area (TPSA) is 174 Å². The molecule has 0 radical (unpaired) electrons. The quantitative estimate of drug-likeness (QED) is 0.344. The Hall–Kier alpha value is -4.47. The summed E-state index contributed by atoms with van der Waals surface area (Å²) in [5.74, 6) is -0.520. The van der Waals surface area contributed by atoms with Crippen LogP contribution in [0.4, 0.5) is 9.18 Å². The molecule has 0 unspecified atom stereocenters. The van der Waals surface area contributed by atoms with Gasteiger partial charge in [0.05, 0.1) is 55.1 Å². The van der Waals surface area contributed by atoms with E-state index < -0.39 is 68.7 Å². The smallest absolute Gasteiger partial charge is 0.318 e. The molecule has 14 nitrogen and oxygen atoms in total. The number of nitrogens with zero attached hydrogens (tertiary/aromatic N) is 3. The van der Waals surface area contributed by atoms with Crippen LogP contribution < -0.4 is 24.2 Å². The second-order valence-electron chi connectivity index (χ2n) is 16.3. The van der Waals surface area contributed by atoms with E-state index in [9.17, 15) is 32.0 Å². The minimum Gasteiger partial charge on any atom is -0.496 e. The molecular formula is C40H52FN5O9S. The molecule has 0 bridgehead atoms. The van der Waals surface area contributed by atoms with Crippen molar-refractivity contribution in [3.8, 4) is 17.4 Å². The monoisotopic (exact) mass is 797 g/mol. The largest absolute Gasteiger partial charge is 0.496 e. The Labute approximate surface area is 326 Å². The summed E-state index contributed by atoms with van der Waals surface area (Å²) in [5, 5.41) is 2.88. The number of aryl methyl sites for hydroxylation is 1. The molecule has 5 aliphatic rings. The maximum atomic E-state index is 14.6. The second-order valence-corrected chi connectivity index (χ2v) is 18.2. The fraction of sp³-hybridized carbons (Fsp3) is 0.625. The second kappa shape index (κ2) is 15.8. The van der Waals surface area contributed by atoms with Gasteiger partial charge >= 0.3 is 6.03 Å². The minimum absolute atomic E-state index is 0.00418. The summed E-state index contributed by atoms with van der Waals surface area (Å²) in [6.07, 6.45) is 6.12. The Bertz CT molecular complexity index is 2020. The third kappa shape index (κ3) is 8.30. The number of aromatic nitrogens is 1. The van der Waals surface area contributed by atoms with Gasteiger partial charge in [0, 0.05) is 29.9 Å². The van der Waals surface area contributed by atoms with E-state index >= 15 is 0 Å². The van der Waals surface area contributed by atoms with E-state index in [4.69, 9.17) is 19.2 Å². The van der Waals surface area contributed by atoms with Gasteiger partial charge in [-0.3, -0.25) is 19.1 Å². The molecule has 2 aromatic rings. The van der Waals surface area contributed by atoms with Crippen LogP contribution in [0.1, 0.15) is 83.6 Å². The molecule has 304 valence electrons. The van der Waals surface area contributed by atoms with Gasteiger partial charge in [0.2, 0.25) is 27.7 Å². The molecule has 5 atom stereocenters. The van der Waals surface area contributed by atoms with Gasteiger partial charge in [-0.2, -0.15) is 0 Å². The molecule has 2 saturated carbocycles. The number of allylic oxidation sites excluding steroid dienone is 2. The van der Waals surface area contributed by atoms with E-state index in [2.05, 4.69) is 10.0 Å². The number of nitrogens with one attached hydrogen (secondary N) is 2. The first-order chi connectivity index (χ1) is 26.7. The summed E-state index contributed by atoms with van der Waals surface area (Å²) >= 11 is 0. The molecule has 3 aliphatic heterocycles. The van der Waals surface area contributed by atoms with Gasteiger partial charge in [0.15, 0.2) is 5.78 Å². The number of Topliss-reactive ketones (excluding diaryl/α,β-unsaturated/α-hetero) is 1. The molecule has 0 spiro atoms. The molecule has 7 rings (SSSR count). The predicted molar refractivity (Wildman–Crippen MR) is 205 cm³/mol. The number of benzene rings is 1. The number of sulfonamides is 1. The zero-order valence-corrected chi connectivity index (χ0v) is 33.2. The Morgan fingerprint density at radius 2 is 1.82 bits per heavy atom. The van der Waals surface area contributed by atoms with Crippen molar-refractivity contribution in [1.82, 2.24) is 24.8 Å². The minimum atomic E-state index is -3.87. The standard InChI is InChI=1S/C40H52FN5O9S/c1-23(2)54-35-17-34(29-14-15-33(53-4)24(3)36(29)43-35)55-27-16-31-32(47)19-40(38(49)44-56(51,52)28-12-13-28)18-25(40)10-8-6-5-7-9-11-30(37(48)46(31)22-27)42-39(50)45-20-26(41)21-45/h8,10,14-15,17,23,25-28,30-31H,5-7,9,11-13,16,18-22H2,1-4H3,(H,42,50)(H,44,49)/b10-8-/t25-,27-,30+,31+,40-/m1/s1. The fourth-order valence-corrected chi connectivity index (χ4v) is 9.56. The van der Waals surface area contributed by atoms with Gasteiger partial charge in [-0.1, -0.05) is 25.0 Å². The molecule has 2 aliphatic carbocycles. The third-order valence-electron chi connectivity index (χ3n) is 11.6. The number of hydrogen-bond acceptors (Lipinski definition) is 10. The molecule has 1 aromatic heterocycles. The lowest BCUT2D eigenvalue weighted by Gasteiger charge is -2.36. The SMILES string of the molecule is COc1ccc2c(O[C@@H]3C[C@H]4C(=O)C[C@]5(C(=O)NS(=O)(=O)C6CC6)C[C@H]5/C=C\CCCCC[C@H](NC(=O)N5CC(F)C5)C(=O)N4C3)cc(OC(C)C)nc2c1C. The lowest BCUT2D eigenvalue weighted by atomic mass is 9.91. The first-order valence-corrected chi connectivity index (χ1v) is 21.3. The highest BCUT2D eigenvalue weighted by Crippen LogP contribution is 2.57. The van der Waals surface area contributed by atoms with E-state index in [1.807, 2.05) is 45.1 Å². The zero-order valence-electron chi connectivity index (χ0n) is 32.4. The number of ketones is 1. The number of urea groups is 1. The number of hydrogen-bond donors (Lipinski definition) is 2. The van der Waals surface area contributed by atoms with Crippen molar-refractivity contribution in [1.29, 1.82) is 0 Å². The normalized spacial score (nSPS) is 28.0. The number of likely N-dealkylation sites (tertiary alicyclic amines) is 1. The van der Waals surface area contributed by atoms with Gasteiger partial charge in [-0.25, -0.2) is 22.6 Å². The maximum absolute atomic E-state index is 14.6. The average Bonchev–Trinajstić information content (AvgIpc) is 4.06. The molecule has 4 fully saturated rings. The summed E-state index contributed by atoms with van der Waals surface area (Å²) in [4.78, 5) is 63.7. The number of halogens is 1. The molecule has 1 aromatic carbocycles. The van der Waals surface area contributed by atoms with Gasteiger partial charge in [0.1, 0.15) is 29.8 Å². The van der Waals surface area contributed by atoms with Gasteiger partial charge in [0.25, 0.3) is 0 Å². The Morgan fingerprint density at radius 1 is 1.05 bits per heavy atom. The van der Waals surface area contributed by atoms with Crippen LogP contribution >= 0.6 is 0 Å². The van der Waals surface area contributed by atoms with Crippen LogP contribution in [0.25, 0.3) is 10.9 Å². The number of alkyl halides is 1. The summed E-state index contributed by atoms with van der Waals surface area (Å²) in [5.41, 5.74) is 0.0932. The van der Waals surface area contributed by atoms with Gasteiger partial charge in [-0.15, -0.1) is 0 Å². The van der Waals surface area contributed by atoms with Crippen LogP contribution in [0, 0.1) is 18.3 Å². The van der Waals surface area contributed by atoms with E-state index in [0.29, 0.717) is 66.8 Å². The highest BCUT2D eigenvalue weighted by molar-refractivity contribution is 7.90. The highest BCUT2D eigenvalue weighted by Gasteiger charge is 2.61. The summed E-state index contributed by atoms with van der Waals surface area (Å²) in [7, 11) is -2.30. The van der Waals surface area contributed by atoms with E-state index in [0.717, 1.165) is 18.4 Å². The van der Waals surface area contributed by atoms with Crippen LogP contribution in [0.15, 0.2) is 30.4 Å². The molecule has 4 amide bonds. The number of fused-ring (bicyclic) bond motifs is 3. The molecule has 16 heteroatoms. The van der Waals surface area contributed by atoms with E-state index in [1.165, 1.54) is 9.80 Å². The number of carbonyl (C=O) groups excluding carboxylic acids is 4. The van der Waals surface area contributed by atoms with Crippen molar-refractivity contribution < 1.29 is 46.2 Å². The summed E-state index contributed by atoms with van der Waals surface area (Å²) in [6, 6.07) is 2.75. The lowest BCUT2D eigenvalue weighted by molar-refractivity contribution is -0.140. The fourth-order valence-electron chi connectivity index (χ4n) is 8.18. The molecule has 2 N–H and O–H groups in total. The van der Waals surface area contributed by atoms with Crippen LogP contribution in [-0.2, 0) is 24.4 Å². The third-order valence-corrected chi connectivity index (χ3v) is 13.5. The number of pyridine rings is 1. The number of ether oxygens (including phenoxy) is 3. The first kappa shape index (κ1) is 39.8. The van der Waals surface area contributed by atoms with Crippen LogP contribution in [-0.4, -0.2) is 109 Å². The lowest BCUT2D eigenvalue weighted by Crippen LogP contribution is -2.59. The van der Waals surface area contributed by atoms with Crippen LogP contribution in [0.5, 0.6) is 17.4 Å². The van der Waals surface area contributed by atoms with Crippen molar-refractivity contribution in [2.24, 2.45) is 11.3 Å². The number of amides is 4. The summed E-state index contributed by atoms with van der Waals surface area (Å²) in [6.45, 7) is 5.52. The van der Waals surface area contributed by atoms with Crippen molar-refractivity contribution >= 4 is 44.6 Å². The molecule has 4 heterocycles. The molecule has 56 heavy (non-hydrogen) atoms. The van der Waals surface area contributed by atoms with Crippen LogP contribution in [0.3, 0.4) is 0 Å². The number of methoxy groups -OCH3 is 1. The first-order valence-electron chi connectivity index (χ1n) is 19.8. The Morgan fingerprint density at radius 3 is 2.52 bits per heavy atom. The van der Waals surface area contributed by atoms with Crippen molar-refractivity contribution in [3.63, 3.8) is 0 Å². The Kier molecular flexibility index (Phi) is 11.2. The van der Waals surface area contributed by atoms with Crippen molar-refractivity contribution in [2.75, 3.05) is 26.7 Å². The van der Waals surface area contributed by atoms with E-state index in [-0.39, 0.29) is 44.5 Å². The molecule has 2 saturated heterocycles. The Balaban J connectivity index is 1.21. The van der Waals surface area contributed by atoms with Gasteiger partial charge in [-0.05, 0) is 77.3 Å². The van der Waals surface area contributed by atoms with E-state index in [1.54, 1.807) is 13.2 Å². The van der Waals surface area contributed by atoms with Gasteiger partial charge < -0.3 is 29.3 Å². The van der Waals surface area contributed by atoms with Crippen LogP contribution in [0.2, 0.25) is 0 Å². The highest BCUT2D eigenvalue weighted by atomic mass is 32.2. The average molecular weight is 798 g/mol. The van der Waals surface area contributed by atoms with Crippen molar-refractivity contribution in [3.05, 3.63) is 35.9 Å². The zero-order chi connectivity index (χ0) is 39.9. The number of rotatable bonds is 9. The van der Waals surface area contributed by atoms with Crippen molar-refractivity contribution in [2.45, 2.75) is 121 Å². The number of carbonyl (C=O) groups is 4. The predicted octanol–water partition coefficient (Wildman–Crippen LogP) is 4.51.